The van der Waals surface area contributed by atoms with Crippen LogP contribution in [-0.4, -0.2) is 15.7 Å². The lowest BCUT2D eigenvalue weighted by Crippen LogP contribution is -1.97. The summed E-state index contributed by atoms with van der Waals surface area (Å²) in [6.07, 6.45) is 0. The van der Waals surface area contributed by atoms with Crippen LogP contribution in [0.5, 0.6) is 0 Å². The Morgan fingerprint density at radius 3 is 2.92 bits per heavy atom. The third kappa shape index (κ3) is 2.32. The summed E-state index contributed by atoms with van der Waals surface area (Å²) in [5, 5.41) is 10.9. The van der Waals surface area contributed by atoms with E-state index in [0.29, 0.717) is 10.8 Å². The minimum atomic E-state index is -0.454. The van der Waals surface area contributed by atoms with Crippen LogP contribution in [0.15, 0.2) is 17.2 Å². The van der Waals surface area contributed by atoms with Gasteiger partial charge < -0.3 is 5.73 Å². The highest BCUT2D eigenvalue weighted by atomic mass is 32.2. The van der Waals surface area contributed by atoms with Crippen molar-refractivity contribution in [1.82, 2.24) is 4.98 Å². The zero-order chi connectivity index (χ0) is 9.84. The lowest BCUT2D eigenvalue weighted by atomic mass is 10.4. The van der Waals surface area contributed by atoms with Crippen molar-refractivity contribution in [2.45, 2.75) is 11.9 Å². The Balaban J connectivity index is 3.10. The van der Waals surface area contributed by atoms with Gasteiger partial charge in [-0.1, -0.05) is 18.7 Å². The SMILES string of the molecule is CCSc1nc(N)ccc1[N+](=O)[O-]. The van der Waals surface area contributed by atoms with Gasteiger partial charge in [0.15, 0.2) is 5.03 Å². The molecule has 0 aliphatic rings. The van der Waals surface area contributed by atoms with Gasteiger partial charge in [0.2, 0.25) is 0 Å². The van der Waals surface area contributed by atoms with Gasteiger partial charge in [-0.25, -0.2) is 4.98 Å². The Kier molecular flexibility index (Phi) is 3.07. The van der Waals surface area contributed by atoms with E-state index in [0.717, 1.165) is 5.75 Å². The van der Waals surface area contributed by atoms with Crippen LogP contribution in [0, 0.1) is 10.1 Å². The molecule has 6 heteroatoms. The van der Waals surface area contributed by atoms with Gasteiger partial charge in [-0.2, -0.15) is 0 Å². The first-order valence-electron chi connectivity index (χ1n) is 3.69. The molecule has 70 valence electrons. The first-order valence-corrected chi connectivity index (χ1v) is 4.67. The fraction of sp³-hybridized carbons (Fsp3) is 0.286. The molecule has 13 heavy (non-hydrogen) atoms. The lowest BCUT2D eigenvalue weighted by molar-refractivity contribution is -0.388. The standard InChI is InChI=1S/C7H9N3O2S/c1-2-13-7-5(10(11)12)3-4-6(8)9-7/h3-4H,2H2,1H3,(H2,8,9). The number of nitrogens with zero attached hydrogens (tertiary/aromatic N) is 2. The third-order valence-electron chi connectivity index (χ3n) is 1.34. The van der Waals surface area contributed by atoms with Crippen LogP contribution in [0.1, 0.15) is 6.92 Å². The second-order valence-corrected chi connectivity index (χ2v) is 3.50. The number of nitro groups is 1. The molecular weight excluding hydrogens is 190 g/mol. The van der Waals surface area contributed by atoms with E-state index in [4.69, 9.17) is 5.73 Å². The molecule has 0 saturated heterocycles. The Morgan fingerprint density at radius 1 is 1.69 bits per heavy atom. The number of nitrogens with two attached hydrogens (primary N) is 1. The predicted octanol–water partition coefficient (Wildman–Crippen LogP) is 1.68. The Labute approximate surface area is 79.5 Å². The van der Waals surface area contributed by atoms with Crippen molar-refractivity contribution in [3.63, 3.8) is 0 Å². The van der Waals surface area contributed by atoms with Crippen LogP contribution in [0.25, 0.3) is 0 Å². The summed E-state index contributed by atoms with van der Waals surface area (Å²) in [4.78, 5) is 13.9. The molecule has 0 fully saturated rings. The van der Waals surface area contributed by atoms with Gasteiger partial charge in [-0.05, 0) is 11.8 Å². The molecule has 0 aromatic carbocycles. The number of hydrogen-bond acceptors (Lipinski definition) is 5. The van der Waals surface area contributed by atoms with Crippen LogP contribution < -0.4 is 5.73 Å². The van der Waals surface area contributed by atoms with E-state index in [9.17, 15) is 10.1 Å². The van der Waals surface area contributed by atoms with E-state index >= 15 is 0 Å². The monoisotopic (exact) mass is 199 g/mol. The number of anilines is 1. The van der Waals surface area contributed by atoms with Crippen molar-refractivity contribution >= 4 is 23.3 Å². The highest BCUT2D eigenvalue weighted by Crippen LogP contribution is 2.27. The van der Waals surface area contributed by atoms with Crippen LogP contribution in [0.4, 0.5) is 11.5 Å². The number of aromatic nitrogens is 1. The molecular formula is C7H9N3O2S. The molecule has 2 N–H and O–H groups in total. The van der Waals surface area contributed by atoms with Crippen molar-refractivity contribution in [3.8, 4) is 0 Å². The lowest BCUT2D eigenvalue weighted by Gasteiger charge is -2.00. The van der Waals surface area contributed by atoms with Gasteiger partial charge in [0.25, 0.3) is 0 Å². The Morgan fingerprint density at radius 2 is 2.38 bits per heavy atom. The fourth-order valence-corrected chi connectivity index (χ4v) is 1.56. The molecule has 0 bridgehead atoms. The summed E-state index contributed by atoms with van der Waals surface area (Å²) >= 11 is 1.31. The second kappa shape index (κ2) is 4.08. The first-order chi connectivity index (χ1) is 6.15. The van der Waals surface area contributed by atoms with Crippen molar-refractivity contribution in [3.05, 3.63) is 22.2 Å². The molecule has 1 rings (SSSR count). The number of pyridine rings is 1. The molecule has 0 unspecified atom stereocenters. The maximum atomic E-state index is 10.5. The van der Waals surface area contributed by atoms with Crippen molar-refractivity contribution in [1.29, 1.82) is 0 Å². The molecule has 0 amide bonds. The minimum absolute atomic E-state index is 0.0149. The summed E-state index contributed by atoms with van der Waals surface area (Å²) in [6, 6.07) is 2.80. The van der Waals surface area contributed by atoms with Crippen LogP contribution in [-0.2, 0) is 0 Å². The highest BCUT2D eigenvalue weighted by Gasteiger charge is 2.14. The number of rotatable bonds is 3. The van der Waals surface area contributed by atoms with E-state index in [1.54, 1.807) is 0 Å². The predicted molar refractivity (Wildman–Crippen MR) is 51.7 cm³/mol. The highest BCUT2D eigenvalue weighted by molar-refractivity contribution is 7.99. The molecule has 0 atom stereocenters. The van der Waals surface area contributed by atoms with E-state index < -0.39 is 4.92 Å². The maximum Gasteiger partial charge on any atom is 0.301 e. The summed E-state index contributed by atoms with van der Waals surface area (Å²) in [5.74, 6) is 1.04. The summed E-state index contributed by atoms with van der Waals surface area (Å²) in [7, 11) is 0. The van der Waals surface area contributed by atoms with E-state index in [-0.39, 0.29) is 5.69 Å². The van der Waals surface area contributed by atoms with Gasteiger partial charge in [-0.3, -0.25) is 10.1 Å². The zero-order valence-electron chi connectivity index (χ0n) is 7.06. The van der Waals surface area contributed by atoms with Gasteiger partial charge in [-0.15, -0.1) is 0 Å². The number of nitrogen functional groups attached to an aromatic ring is 1. The minimum Gasteiger partial charge on any atom is -0.384 e. The van der Waals surface area contributed by atoms with Crippen molar-refractivity contribution in [2.24, 2.45) is 0 Å². The van der Waals surface area contributed by atoms with E-state index in [1.165, 1.54) is 23.9 Å². The molecule has 1 aromatic heterocycles. The Hall–Kier alpha value is -1.30. The smallest absolute Gasteiger partial charge is 0.301 e. The van der Waals surface area contributed by atoms with Crippen LogP contribution >= 0.6 is 11.8 Å². The second-order valence-electron chi connectivity index (χ2n) is 2.25. The van der Waals surface area contributed by atoms with Crippen LogP contribution in [0.2, 0.25) is 0 Å². The largest absolute Gasteiger partial charge is 0.384 e. The van der Waals surface area contributed by atoms with Gasteiger partial charge in [0, 0.05) is 6.07 Å². The van der Waals surface area contributed by atoms with Gasteiger partial charge in [0.1, 0.15) is 5.82 Å². The van der Waals surface area contributed by atoms with Crippen LogP contribution in [0.3, 0.4) is 0 Å². The maximum absolute atomic E-state index is 10.5. The third-order valence-corrected chi connectivity index (χ3v) is 2.20. The number of thioether (sulfide) groups is 1. The van der Waals surface area contributed by atoms with Gasteiger partial charge >= 0.3 is 5.69 Å². The Bertz CT molecular complexity index is 330. The molecule has 1 aromatic rings. The van der Waals surface area contributed by atoms with Gasteiger partial charge in [0.05, 0.1) is 4.92 Å². The molecule has 0 saturated carbocycles. The molecule has 0 aliphatic heterocycles. The fourth-order valence-electron chi connectivity index (χ4n) is 0.829. The summed E-state index contributed by atoms with van der Waals surface area (Å²) < 4.78 is 0. The average molecular weight is 199 g/mol. The first kappa shape index (κ1) is 9.79. The number of hydrogen-bond donors (Lipinski definition) is 1. The van der Waals surface area contributed by atoms with Crippen molar-refractivity contribution in [2.75, 3.05) is 11.5 Å². The molecule has 0 spiro atoms. The van der Waals surface area contributed by atoms with Crippen molar-refractivity contribution < 1.29 is 4.92 Å². The average Bonchev–Trinajstić information content (AvgIpc) is 2.04. The normalized spacial score (nSPS) is 9.92. The summed E-state index contributed by atoms with van der Waals surface area (Å²) in [5.41, 5.74) is 5.43. The van der Waals surface area contributed by atoms with E-state index in [1.807, 2.05) is 6.92 Å². The molecule has 5 nitrogen and oxygen atoms in total. The summed E-state index contributed by atoms with van der Waals surface area (Å²) in [6.45, 7) is 1.90. The van der Waals surface area contributed by atoms with E-state index in [2.05, 4.69) is 4.98 Å². The molecule has 1 heterocycles. The molecule has 0 radical (unpaired) electrons. The topological polar surface area (TPSA) is 82.0 Å². The zero-order valence-corrected chi connectivity index (χ0v) is 7.87. The quantitative estimate of drug-likeness (QED) is 0.455. The molecule has 0 aliphatic carbocycles.